The van der Waals surface area contributed by atoms with E-state index in [2.05, 4.69) is 10.6 Å². The highest BCUT2D eigenvalue weighted by Gasteiger charge is 2.14. The summed E-state index contributed by atoms with van der Waals surface area (Å²) in [6.07, 6.45) is 0. The first-order valence-corrected chi connectivity index (χ1v) is 7.25. The van der Waals surface area contributed by atoms with Gasteiger partial charge in [-0.25, -0.2) is 0 Å². The maximum atomic E-state index is 11.8. The zero-order chi connectivity index (χ0) is 14.3. The van der Waals surface area contributed by atoms with Crippen molar-refractivity contribution in [2.45, 2.75) is 24.0 Å². The summed E-state index contributed by atoms with van der Waals surface area (Å²) in [5.74, 6) is -0.342. The Hall–Kier alpha value is -1.20. The minimum atomic E-state index is -0.268. The van der Waals surface area contributed by atoms with Gasteiger partial charge in [-0.3, -0.25) is 9.59 Å². The van der Waals surface area contributed by atoms with Crippen molar-refractivity contribution in [2.24, 2.45) is 0 Å². The largest absolute Gasteiger partial charge is 0.355 e. The maximum absolute atomic E-state index is 11.8. The van der Waals surface area contributed by atoms with Crippen molar-refractivity contribution < 1.29 is 9.59 Å². The Bertz CT molecular complexity index is 437. The minimum absolute atomic E-state index is 0.0121. The first-order chi connectivity index (χ1) is 9.02. The molecule has 0 heterocycles. The number of amides is 2. The number of benzene rings is 1. The number of carbonyl (C=O) groups is 2. The topological polar surface area (TPSA) is 58.2 Å². The molecule has 0 aliphatic heterocycles. The van der Waals surface area contributed by atoms with Crippen LogP contribution in [0.1, 0.15) is 13.8 Å². The highest BCUT2D eigenvalue weighted by molar-refractivity contribution is 8.00. The molecule has 19 heavy (non-hydrogen) atoms. The van der Waals surface area contributed by atoms with Crippen molar-refractivity contribution in [3.8, 4) is 0 Å². The molecule has 1 aromatic rings. The van der Waals surface area contributed by atoms with Gasteiger partial charge in [0, 0.05) is 16.5 Å². The number of carbonyl (C=O) groups excluding carboxylic acids is 2. The van der Waals surface area contributed by atoms with E-state index in [1.807, 2.05) is 19.1 Å². The number of hydrogen-bond donors (Lipinski definition) is 2. The molecule has 6 heteroatoms. The van der Waals surface area contributed by atoms with E-state index in [0.29, 0.717) is 11.6 Å². The van der Waals surface area contributed by atoms with Crippen LogP contribution in [0.3, 0.4) is 0 Å². The van der Waals surface area contributed by atoms with Gasteiger partial charge in [0.05, 0.1) is 11.8 Å². The monoisotopic (exact) mass is 300 g/mol. The van der Waals surface area contributed by atoms with Gasteiger partial charge in [0.2, 0.25) is 11.8 Å². The van der Waals surface area contributed by atoms with Gasteiger partial charge in [0.1, 0.15) is 0 Å². The van der Waals surface area contributed by atoms with E-state index < -0.39 is 0 Å². The highest BCUT2D eigenvalue weighted by Crippen LogP contribution is 2.24. The van der Waals surface area contributed by atoms with Crippen LogP contribution in [0.4, 0.5) is 0 Å². The first-order valence-electron chi connectivity index (χ1n) is 5.99. The Balaban J connectivity index is 2.40. The van der Waals surface area contributed by atoms with Crippen LogP contribution in [0.15, 0.2) is 29.2 Å². The molecule has 1 rings (SSSR count). The highest BCUT2D eigenvalue weighted by atomic mass is 35.5. The molecule has 1 unspecified atom stereocenters. The summed E-state index contributed by atoms with van der Waals surface area (Å²) >= 11 is 7.22. The van der Waals surface area contributed by atoms with E-state index in [1.54, 1.807) is 19.1 Å². The van der Waals surface area contributed by atoms with Gasteiger partial charge in [-0.15, -0.1) is 11.8 Å². The quantitative estimate of drug-likeness (QED) is 0.791. The fraction of sp³-hybridized carbons (Fsp3) is 0.385. The van der Waals surface area contributed by atoms with E-state index in [1.165, 1.54) is 11.8 Å². The van der Waals surface area contributed by atoms with Crippen LogP contribution < -0.4 is 10.6 Å². The van der Waals surface area contributed by atoms with Crippen LogP contribution in [0.2, 0.25) is 5.02 Å². The van der Waals surface area contributed by atoms with E-state index in [9.17, 15) is 9.59 Å². The van der Waals surface area contributed by atoms with Gasteiger partial charge in [-0.2, -0.15) is 0 Å². The molecule has 0 aromatic heterocycles. The standard InChI is InChI=1S/C13H17ClN2O2S/c1-3-15-12(17)8-16-13(18)9(2)19-11-6-4-10(14)5-7-11/h4-7,9H,3,8H2,1-2H3,(H,15,17)(H,16,18). The number of rotatable bonds is 6. The second kappa shape index (κ2) is 8.07. The summed E-state index contributed by atoms with van der Waals surface area (Å²) in [5.41, 5.74) is 0. The molecule has 0 aliphatic carbocycles. The van der Waals surface area contributed by atoms with E-state index in [4.69, 9.17) is 11.6 Å². The lowest BCUT2D eigenvalue weighted by atomic mass is 10.4. The summed E-state index contributed by atoms with van der Waals surface area (Å²) in [7, 11) is 0. The third-order valence-electron chi connectivity index (χ3n) is 2.29. The molecule has 0 fully saturated rings. The smallest absolute Gasteiger partial charge is 0.239 e. The van der Waals surface area contributed by atoms with Crippen LogP contribution in [0, 0.1) is 0 Å². The summed E-state index contributed by atoms with van der Waals surface area (Å²) < 4.78 is 0. The summed E-state index contributed by atoms with van der Waals surface area (Å²) in [6.45, 7) is 4.20. The molecule has 104 valence electrons. The summed E-state index contributed by atoms with van der Waals surface area (Å²) in [5, 5.41) is 5.62. The zero-order valence-corrected chi connectivity index (χ0v) is 12.5. The molecular weight excluding hydrogens is 284 g/mol. The van der Waals surface area contributed by atoms with Gasteiger partial charge < -0.3 is 10.6 Å². The molecule has 2 amide bonds. The number of likely N-dealkylation sites (N-methyl/N-ethyl adjacent to an activating group) is 1. The lowest BCUT2D eigenvalue weighted by Crippen LogP contribution is -2.39. The van der Waals surface area contributed by atoms with Crippen LogP contribution in [0.25, 0.3) is 0 Å². The van der Waals surface area contributed by atoms with Gasteiger partial charge in [-0.1, -0.05) is 11.6 Å². The second-order valence-corrected chi connectivity index (χ2v) is 5.74. The van der Waals surface area contributed by atoms with Crippen molar-refractivity contribution >= 4 is 35.2 Å². The Morgan fingerprint density at radius 2 is 1.89 bits per heavy atom. The van der Waals surface area contributed by atoms with Crippen LogP contribution in [-0.4, -0.2) is 30.2 Å². The minimum Gasteiger partial charge on any atom is -0.355 e. The van der Waals surface area contributed by atoms with Crippen LogP contribution >= 0.6 is 23.4 Å². The van der Waals surface area contributed by atoms with Crippen molar-refractivity contribution in [1.29, 1.82) is 0 Å². The SMILES string of the molecule is CCNC(=O)CNC(=O)C(C)Sc1ccc(Cl)cc1. The third-order valence-corrected chi connectivity index (χ3v) is 3.66. The lowest BCUT2D eigenvalue weighted by molar-refractivity contribution is -0.125. The normalized spacial score (nSPS) is 11.7. The molecule has 0 bridgehead atoms. The Kier molecular flexibility index (Phi) is 6.73. The Morgan fingerprint density at radius 1 is 1.26 bits per heavy atom. The molecular formula is C13H17ClN2O2S. The first kappa shape index (κ1) is 15.9. The molecule has 1 aromatic carbocycles. The lowest BCUT2D eigenvalue weighted by Gasteiger charge is -2.11. The summed E-state index contributed by atoms with van der Waals surface area (Å²) in [6, 6.07) is 7.29. The molecule has 0 aliphatic rings. The molecule has 4 nitrogen and oxygen atoms in total. The average molecular weight is 301 g/mol. The summed E-state index contributed by atoms with van der Waals surface area (Å²) in [4.78, 5) is 24.0. The molecule has 0 spiro atoms. The maximum Gasteiger partial charge on any atom is 0.239 e. The van der Waals surface area contributed by atoms with Crippen molar-refractivity contribution in [2.75, 3.05) is 13.1 Å². The second-order valence-electron chi connectivity index (χ2n) is 3.89. The predicted octanol–water partition coefficient (Wildman–Crippen LogP) is 2.07. The Labute approximate surface area is 122 Å². The van der Waals surface area contributed by atoms with Gasteiger partial charge in [-0.05, 0) is 38.1 Å². The van der Waals surface area contributed by atoms with Gasteiger partial charge >= 0.3 is 0 Å². The number of hydrogen-bond acceptors (Lipinski definition) is 3. The van der Waals surface area contributed by atoms with Crippen LogP contribution in [0.5, 0.6) is 0 Å². The molecule has 0 saturated heterocycles. The van der Waals surface area contributed by atoms with E-state index in [0.717, 1.165) is 4.90 Å². The van der Waals surface area contributed by atoms with E-state index in [-0.39, 0.29) is 23.6 Å². The van der Waals surface area contributed by atoms with Crippen molar-refractivity contribution in [3.63, 3.8) is 0 Å². The molecule has 1 atom stereocenters. The van der Waals surface area contributed by atoms with Crippen LogP contribution in [-0.2, 0) is 9.59 Å². The van der Waals surface area contributed by atoms with E-state index >= 15 is 0 Å². The average Bonchev–Trinajstić information content (AvgIpc) is 2.39. The molecule has 2 N–H and O–H groups in total. The van der Waals surface area contributed by atoms with Gasteiger partial charge in [0.25, 0.3) is 0 Å². The zero-order valence-electron chi connectivity index (χ0n) is 10.9. The number of halogens is 1. The van der Waals surface area contributed by atoms with Crippen molar-refractivity contribution in [3.05, 3.63) is 29.3 Å². The van der Waals surface area contributed by atoms with Gasteiger partial charge in [0.15, 0.2) is 0 Å². The fourth-order valence-electron chi connectivity index (χ4n) is 1.34. The third kappa shape index (κ3) is 5.98. The number of thioether (sulfide) groups is 1. The number of nitrogens with one attached hydrogen (secondary N) is 2. The Morgan fingerprint density at radius 3 is 2.47 bits per heavy atom. The predicted molar refractivity (Wildman–Crippen MR) is 78.5 cm³/mol. The molecule has 0 radical (unpaired) electrons. The van der Waals surface area contributed by atoms with Crippen molar-refractivity contribution in [1.82, 2.24) is 10.6 Å². The fourth-order valence-corrected chi connectivity index (χ4v) is 2.36. The molecule has 0 saturated carbocycles.